The van der Waals surface area contributed by atoms with E-state index < -0.39 is 29.2 Å². The van der Waals surface area contributed by atoms with Crippen LogP contribution in [0.4, 0.5) is 0 Å². The lowest BCUT2D eigenvalue weighted by molar-refractivity contribution is -0.108. The smallest absolute Gasteiger partial charge is 0.330 e. The van der Waals surface area contributed by atoms with Gasteiger partial charge in [0.05, 0.1) is 12.7 Å². The van der Waals surface area contributed by atoms with E-state index in [-0.39, 0.29) is 13.0 Å². The van der Waals surface area contributed by atoms with Crippen molar-refractivity contribution in [1.82, 2.24) is 9.55 Å². The first-order valence-electron chi connectivity index (χ1n) is 5.67. The predicted octanol–water partition coefficient (Wildman–Crippen LogP) is -1.34. The molecule has 2 rings (SSSR count). The van der Waals surface area contributed by atoms with Crippen molar-refractivity contribution in [2.24, 2.45) is 0 Å². The molecule has 100 valence electrons. The van der Waals surface area contributed by atoms with Crippen molar-refractivity contribution in [2.45, 2.75) is 38.2 Å². The second-order valence-electron chi connectivity index (χ2n) is 4.73. The van der Waals surface area contributed by atoms with Crippen LogP contribution in [0.5, 0.6) is 0 Å². The van der Waals surface area contributed by atoms with E-state index >= 15 is 0 Å². The fourth-order valence-electron chi connectivity index (χ4n) is 2.20. The van der Waals surface area contributed by atoms with Crippen molar-refractivity contribution >= 4 is 0 Å². The molecule has 1 aliphatic heterocycles. The fourth-order valence-corrected chi connectivity index (χ4v) is 2.20. The molecule has 7 nitrogen and oxygen atoms in total. The first-order valence-corrected chi connectivity index (χ1v) is 5.67. The molecule has 3 N–H and O–H groups in total. The number of aliphatic hydroxyl groups is 2. The Morgan fingerprint density at radius 1 is 1.61 bits per heavy atom. The highest BCUT2D eigenvalue weighted by Crippen LogP contribution is 2.33. The molecule has 1 fully saturated rings. The van der Waals surface area contributed by atoms with Crippen LogP contribution < -0.4 is 11.2 Å². The van der Waals surface area contributed by atoms with Gasteiger partial charge in [0.25, 0.3) is 5.56 Å². The van der Waals surface area contributed by atoms with E-state index in [1.807, 2.05) is 0 Å². The van der Waals surface area contributed by atoms with Gasteiger partial charge < -0.3 is 14.9 Å². The van der Waals surface area contributed by atoms with Crippen LogP contribution in [0.3, 0.4) is 0 Å². The van der Waals surface area contributed by atoms with Crippen molar-refractivity contribution in [3.05, 3.63) is 32.6 Å². The molecule has 1 saturated heterocycles. The third-order valence-electron chi connectivity index (χ3n) is 3.23. The Morgan fingerprint density at radius 3 is 2.83 bits per heavy atom. The predicted molar refractivity (Wildman–Crippen MR) is 62.3 cm³/mol. The topological polar surface area (TPSA) is 105 Å². The number of aryl methyl sites for hydroxylation is 1. The summed E-state index contributed by atoms with van der Waals surface area (Å²) in [6.07, 6.45) is -0.00895. The summed E-state index contributed by atoms with van der Waals surface area (Å²) in [6, 6.07) is 0. The van der Waals surface area contributed by atoms with Gasteiger partial charge in [-0.1, -0.05) is 0 Å². The maximum absolute atomic E-state index is 11.8. The van der Waals surface area contributed by atoms with Crippen LogP contribution in [-0.2, 0) is 10.5 Å². The summed E-state index contributed by atoms with van der Waals surface area (Å²) in [5.41, 5.74) is -1.74. The van der Waals surface area contributed by atoms with E-state index in [1.165, 1.54) is 10.8 Å². The monoisotopic (exact) mass is 256 g/mol. The van der Waals surface area contributed by atoms with Crippen LogP contribution in [0.1, 0.15) is 18.9 Å². The van der Waals surface area contributed by atoms with Crippen molar-refractivity contribution in [3.8, 4) is 0 Å². The second-order valence-corrected chi connectivity index (χ2v) is 4.73. The molecule has 0 bridgehead atoms. The first-order chi connectivity index (χ1) is 8.37. The molecule has 7 heteroatoms. The molecular weight excluding hydrogens is 240 g/mol. The molecule has 1 aromatic heterocycles. The highest BCUT2D eigenvalue weighted by Gasteiger charge is 2.44. The zero-order valence-corrected chi connectivity index (χ0v) is 10.2. The van der Waals surface area contributed by atoms with Gasteiger partial charge in [-0.05, 0) is 13.8 Å². The molecule has 0 saturated carbocycles. The van der Waals surface area contributed by atoms with Crippen LogP contribution >= 0.6 is 0 Å². The summed E-state index contributed by atoms with van der Waals surface area (Å²) in [4.78, 5) is 25.3. The molecule has 0 radical (unpaired) electrons. The normalized spacial score (nSPS) is 31.8. The fraction of sp³-hybridized carbons (Fsp3) is 0.636. The minimum absolute atomic E-state index is 0.170. The van der Waals surface area contributed by atoms with Crippen LogP contribution in [0, 0.1) is 6.92 Å². The molecule has 1 aliphatic rings. The zero-order valence-electron chi connectivity index (χ0n) is 10.2. The van der Waals surface area contributed by atoms with Gasteiger partial charge in [-0.25, -0.2) is 4.79 Å². The van der Waals surface area contributed by atoms with Gasteiger partial charge in [0, 0.05) is 18.2 Å². The van der Waals surface area contributed by atoms with E-state index in [0.717, 1.165) is 0 Å². The lowest BCUT2D eigenvalue weighted by atomic mass is 10.1. The SMILES string of the molecule is Cc1cn(C2(C)CC(O)C(CO)O2)c(=O)[nH]c1=O. The van der Waals surface area contributed by atoms with Crippen LogP contribution in [-0.4, -0.2) is 38.6 Å². The average molecular weight is 256 g/mol. The number of aliphatic hydroxyl groups excluding tert-OH is 2. The van der Waals surface area contributed by atoms with Gasteiger partial charge in [-0.2, -0.15) is 0 Å². The summed E-state index contributed by atoms with van der Waals surface area (Å²) >= 11 is 0. The van der Waals surface area contributed by atoms with Gasteiger partial charge in [0.15, 0.2) is 0 Å². The average Bonchev–Trinajstić information content (AvgIpc) is 2.59. The number of nitrogens with zero attached hydrogens (tertiary/aromatic N) is 1. The van der Waals surface area contributed by atoms with E-state index in [9.17, 15) is 14.7 Å². The Bertz CT molecular complexity index is 563. The number of ether oxygens (including phenoxy) is 1. The second kappa shape index (κ2) is 4.34. The third kappa shape index (κ3) is 2.00. The Kier molecular flexibility index (Phi) is 3.14. The summed E-state index contributed by atoms with van der Waals surface area (Å²) < 4.78 is 6.75. The minimum atomic E-state index is -1.07. The number of H-pyrrole nitrogens is 1. The highest BCUT2D eigenvalue weighted by atomic mass is 16.6. The minimum Gasteiger partial charge on any atom is -0.394 e. The highest BCUT2D eigenvalue weighted by molar-refractivity contribution is 5.04. The Morgan fingerprint density at radius 2 is 2.28 bits per heavy atom. The molecule has 0 aromatic carbocycles. The summed E-state index contributed by atoms with van der Waals surface area (Å²) in [5, 5.41) is 18.8. The van der Waals surface area contributed by atoms with Gasteiger partial charge in [-0.15, -0.1) is 0 Å². The Hall–Kier alpha value is -1.44. The number of aromatic nitrogens is 2. The van der Waals surface area contributed by atoms with Gasteiger partial charge in [0.1, 0.15) is 11.8 Å². The zero-order chi connectivity index (χ0) is 13.5. The van der Waals surface area contributed by atoms with E-state index in [2.05, 4.69) is 4.98 Å². The third-order valence-corrected chi connectivity index (χ3v) is 3.23. The summed E-state index contributed by atoms with van der Waals surface area (Å²) in [6.45, 7) is 2.88. The van der Waals surface area contributed by atoms with Gasteiger partial charge in [0.2, 0.25) is 0 Å². The van der Waals surface area contributed by atoms with E-state index in [0.29, 0.717) is 5.56 Å². The molecule has 2 heterocycles. The Balaban J connectivity index is 2.47. The number of hydrogen-bond donors (Lipinski definition) is 3. The van der Waals surface area contributed by atoms with Crippen molar-refractivity contribution in [3.63, 3.8) is 0 Å². The number of nitrogens with one attached hydrogen (secondary N) is 1. The summed E-state index contributed by atoms with van der Waals surface area (Å²) in [7, 11) is 0. The number of hydrogen-bond acceptors (Lipinski definition) is 5. The maximum Gasteiger partial charge on any atom is 0.330 e. The lowest BCUT2D eigenvalue weighted by Gasteiger charge is -2.26. The number of aromatic amines is 1. The summed E-state index contributed by atoms with van der Waals surface area (Å²) in [5.74, 6) is 0. The van der Waals surface area contributed by atoms with E-state index in [1.54, 1.807) is 13.8 Å². The van der Waals surface area contributed by atoms with E-state index in [4.69, 9.17) is 9.84 Å². The maximum atomic E-state index is 11.8. The molecule has 3 atom stereocenters. The van der Waals surface area contributed by atoms with Crippen LogP contribution in [0.2, 0.25) is 0 Å². The molecular formula is C11H16N2O5. The van der Waals surface area contributed by atoms with Gasteiger partial charge in [-0.3, -0.25) is 14.3 Å². The molecule has 18 heavy (non-hydrogen) atoms. The first kappa shape index (κ1) is 13.0. The van der Waals surface area contributed by atoms with Crippen molar-refractivity contribution in [1.29, 1.82) is 0 Å². The molecule has 0 spiro atoms. The van der Waals surface area contributed by atoms with Crippen LogP contribution in [0.15, 0.2) is 15.8 Å². The lowest BCUT2D eigenvalue weighted by Crippen LogP contribution is -2.43. The van der Waals surface area contributed by atoms with Gasteiger partial charge >= 0.3 is 5.69 Å². The Labute approximate surface area is 103 Å². The molecule has 0 amide bonds. The molecule has 1 aromatic rings. The van der Waals surface area contributed by atoms with Crippen LogP contribution in [0.25, 0.3) is 0 Å². The number of rotatable bonds is 2. The quantitative estimate of drug-likeness (QED) is 0.607. The standard InChI is InChI=1S/C11H16N2O5/c1-6-4-13(10(17)12-9(6)16)11(2)3-7(15)8(5-14)18-11/h4,7-8,14-15H,3,5H2,1-2H3,(H,12,16,17). The molecule has 0 aliphatic carbocycles. The van der Waals surface area contributed by atoms with Crippen molar-refractivity contribution < 1.29 is 14.9 Å². The van der Waals surface area contributed by atoms with Crippen molar-refractivity contribution in [2.75, 3.05) is 6.61 Å². The largest absolute Gasteiger partial charge is 0.394 e. The molecule has 3 unspecified atom stereocenters.